The molecule has 1 amide bonds. The highest BCUT2D eigenvalue weighted by Gasteiger charge is 2.07. The molecule has 5 heteroatoms. The summed E-state index contributed by atoms with van der Waals surface area (Å²) in [6.07, 6.45) is 5.35. The van der Waals surface area contributed by atoms with Crippen molar-refractivity contribution in [2.75, 3.05) is 19.0 Å². The lowest BCUT2D eigenvalue weighted by molar-refractivity contribution is 0.0950. The van der Waals surface area contributed by atoms with Crippen molar-refractivity contribution >= 4 is 11.6 Å². The molecule has 5 nitrogen and oxygen atoms in total. The van der Waals surface area contributed by atoms with Gasteiger partial charge in [-0.2, -0.15) is 0 Å². The molecule has 0 bridgehead atoms. The Morgan fingerprint density at radius 2 is 1.79 bits per heavy atom. The smallest absolute Gasteiger partial charge is 0.253 e. The lowest BCUT2D eigenvalue weighted by Gasteiger charge is -2.09. The standard InChI is InChI=1S/C23H25N3O2/c1-28-22-11-9-19(10-12-22)15-26-23(27)20-14-21(17-24-16-20)25-13-5-8-18-6-3-2-4-7-18/h2-4,6-7,9-12,14,16-17,25H,5,8,13,15H2,1H3,(H,26,27). The molecule has 0 atom stereocenters. The number of methoxy groups -OCH3 is 1. The Balaban J connectivity index is 1.46. The number of nitrogens with zero attached hydrogens (tertiary/aromatic N) is 1. The van der Waals surface area contributed by atoms with Crippen LogP contribution in [0.15, 0.2) is 73.1 Å². The Hall–Kier alpha value is -3.34. The van der Waals surface area contributed by atoms with Gasteiger partial charge in [-0.25, -0.2) is 0 Å². The van der Waals surface area contributed by atoms with E-state index in [2.05, 4.69) is 39.9 Å². The molecule has 144 valence electrons. The topological polar surface area (TPSA) is 63.2 Å². The molecule has 3 rings (SSSR count). The van der Waals surface area contributed by atoms with E-state index in [-0.39, 0.29) is 5.91 Å². The summed E-state index contributed by atoms with van der Waals surface area (Å²) in [5.41, 5.74) is 3.73. The summed E-state index contributed by atoms with van der Waals surface area (Å²) in [5.74, 6) is 0.654. The number of carbonyl (C=O) groups is 1. The summed E-state index contributed by atoms with van der Waals surface area (Å²) >= 11 is 0. The third-order valence-corrected chi connectivity index (χ3v) is 4.43. The van der Waals surface area contributed by atoms with Crippen LogP contribution in [0.25, 0.3) is 0 Å². The van der Waals surface area contributed by atoms with E-state index >= 15 is 0 Å². The number of benzene rings is 2. The van der Waals surface area contributed by atoms with Crippen molar-refractivity contribution in [2.24, 2.45) is 0 Å². The van der Waals surface area contributed by atoms with Crippen LogP contribution in [0.1, 0.15) is 27.9 Å². The van der Waals surface area contributed by atoms with Gasteiger partial charge < -0.3 is 15.4 Å². The average molecular weight is 375 g/mol. The number of nitrogens with one attached hydrogen (secondary N) is 2. The molecule has 1 heterocycles. The Morgan fingerprint density at radius 1 is 1.00 bits per heavy atom. The fourth-order valence-corrected chi connectivity index (χ4v) is 2.86. The minimum atomic E-state index is -0.142. The van der Waals surface area contributed by atoms with Crippen LogP contribution in [0.5, 0.6) is 5.75 Å². The third-order valence-electron chi connectivity index (χ3n) is 4.43. The Morgan fingerprint density at radius 3 is 2.54 bits per heavy atom. The van der Waals surface area contributed by atoms with Crippen LogP contribution in [0.4, 0.5) is 5.69 Å². The molecular weight excluding hydrogens is 350 g/mol. The lowest BCUT2D eigenvalue weighted by atomic mass is 10.1. The van der Waals surface area contributed by atoms with Crippen LogP contribution in [0.2, 0.25) is 0 Å². The molecule has 0 saturated carbocycles. The molecule has 2 aromatic carbocycles. The van der Waals surface area contributed by atoms with Gasteiger partial charge in [-0.3, -0.25) is 9.78 Å². The molecule has 0 aliphatic rings. The van der Waals surface area contributed by atoms with Crippen molar-refractivity contribution in [2.45, 2.75) is 19.4 Å². The van der Waals surface area contributed by atoms with Crippen molar-refractivity contribution in [1.82, 2.24) is 10.3 Å². The first-order chi connectivity index (χ1) is 13.7. The van der Waals surface area contributed by atoms with Crippen molar-refractivity contribution < 1.29 is 9.53 Å². The Bertz CT molecular complexity index is 880. The first kappa shape index (κ1) is 19.4. The second kappa shape index (κ2) is 10.1. The molecule has 3 aromatic rings. The molecule has 0 aliphatic carbocycles. The molecular formula is C23H25N3O2. The first-order valence-corrected chi connectivity index (χ1v) is 9.38. The second-order valence-electron chi connectivity index (χ2n) is 6.51. The van der Waals surface area contributed by atoms with E-state index in [4.69, 9.17) is 4.74 Å². The molecule has 0 aliphatic heterocycles. The van der Waals surface area contributed by atoms with E-state index in [0.717, 1.165) is 36.4 Å². The van der Waals surface area contributed by atoms with E-state index in [1.807, 2.05) is 36.4 Å². The largest absolute Gasteiger partial charge is 0.497 e. The number of aryl methyl sites for hydroxylation is 1. The fraction of sp³-hybridized carbons (Fsp3) is 0.217. The highest BCUT2D eigenvalue weighted by Crippen LogP contribution is 2.12. The minimum Gasteiger partial charge on any atom is -0.497 e. The summed E-state index contributed by atoms with van der Waals surface area (Å²) < 4.78 is 5.14. The van der Waals surface area contributed by atoms with Crippen LogP contribution in [-0.2, 0) is 13.0 Å². The number of hydrogen-bond donors (Lipinski definition) is 2. The molecule has 1 aromatic heterocycles. The summed E-state index contributed by atoms with van der Waals surface area (Å²) in [5, 5.41) is 6.26. The van der Waals surface area contributed by atoms with Gasteiger partial charge in [0.1, 0.15) is 5.75 Å². The number of ether oxygens (including phenoxy) is 1. The fourth-order valence-electron chi connectivity index (χ4n) is 2.86. The quantitative estimate of drug-likeness (QED) is 0.554. The van der Waals surface area contributed by atoms with Gasteiger partial charge in [-0.15, -0.1) is 0 Å². The van der Waals surface area contributed by atoms with Gasteiger partial charge >= 0.3 is 0 Å². The number of amides is 1. The van der Waals surface area contributed by atoms with Crippen molar-refractivity contribution in [3.8, 4) is 5.75 Å². The summed E-state index contributed by atoms with van der Waals surface area (Å²) in [6.45, 7) is 1.28. The molecule has 0 unspecified atom stereocenters. The van der Waals surface area contributed by atoms with Crippen molar-refractivity contribution in [1.29, 1.82) is 0 Å². The number of hydrogen-bond acceptors (Lipinski definition) is 4. The van der Waals surface area contributed by atoms with Gasteiger partial charge in [0.15, 0.2) is 0 Å². The zero-order valence-corrected chi connectivity index (χ0v) is 16.0. The van der Waals surface area contributed by atoms with Crippen molar-refractivity contribution in [3.05, 3.63) is 89.7 Å². The van der Waals surface area contributed by atoms with Gasteiger partial charge in [0, 0.05) is 25.5 Å². The van der Waals surface area contributed by atoms with Gasteiger partial charge in [-0.05, 0) is 42.2 Å². The number of carbonyl (C=O) groups excluding carboxylic acids is 1. The highest BCUT2D eigenvalue weighted by atomic mass is 16.5. The third kappa shape index (κ3) is 5.84. The normalized spacial score (nSPS) is 10.3. The molecule has 28 heavy (non-hydrogen) atoms. The van der Waals surface area contributed by atoms with Crippen LogP contribution in [-0.4, -0.2) is 24.5 Å². The zero-order valence-electron chi connectivity index (χ0n) is 16.0. The van der Waals surface area contributed by atoms with Gasteiger partial charge in [-0.1, -0.05) is 42.5 Å². The molecule has 0 radical (unpaired) electrons. The Kier molecular flexibility index (Phi) is 7.01. The number of aromatic nitrogens is 1. The monoisotopic (exact) mass is 375 g/mol. The predicted octanol–water partition coefficient (Wildman–Crippen LogP) is 4.06. The number of rotatable bonds is 9. The first-order valence-electron chi connectivity index (χ1n) is 9.38. The Labute approximate surface area is 165 Å². The van der Waals surface area contributed by atoms with Crippen LogP contribution < -0.4 is 15.4 Å². The molecule has 2 N–H and O–H groups in total. The minimum absolute atomic E-state index is 0.142. The van der Waals surface area contributed by atoms with Crippen LogP contribution in [0.3, 0.4) is 0 Å². The number of pyridine rings is 1. The SMILES string of the molecule is COc1ccc(CNC(=O)c2cncc(NCCCc3ccccc3)c2)cc1. The van der Waals surface area contributed by atoms with E-state index in [0.29, 0.717) is 12.1 Å². The summed E-state index contributed by atoms with van der Waals surface area (Å²) in [4.78, 5) is 16.6. The summed E-state index contributed by atoms with van der Waals surface area (Å²) in [7, 11) is 1.63. The van der Waals surface area contributed by atoms with Gasteiger partial charge in [0.05, 0.1) is 18.4 Å². The molecule has 0 spiro atoms. The van der Waals surface area contributed by atoms with Crippen LogP contribution >= 0.6 is 0 Å². The molecule has 0 fully saturated rings. The van der Waals surface area contributed by atoms with E-state index < -0.39 is 0 Å². The maximum absolute atomic E-state index is 12.4. The highest BCUT2D eigenvalue weighted by molar-refractivity contribution is 5.94. The zero-order chi connectivity index (χ0) is 19.6. The van der Waals surface area contributed by atoms with Crippen LogP contribution in [0, 0.1) is 0 Å². The maximum atomic E-state index is 12.4. The maximum Gasteiger partial charge on any atom is 0.253 e. The van der Waals surface area contributed by atoms with E-state index in [1.165, 1.54) is 5.56 Å². The van der Waals surface area contributed by atoms with E-state index in [9.17, 15) is 4.79 Å². The number of anilines is 1. The lowest BCUT2D eigenvalue weighted by Crippen LogP contribution is -2.23. The summed E-state index contributed by atoms with van der Waals surface area (Å²) in [6, 6.07) is 19.9. The predicted molar refractivity (Wildman–Crippen MR) is 112 cm³/mol. The second-order valence-corrected chi connectivity index (χ2v) is 6.51. The molecule has 0 saturated heterocycles. The van der Waals surface area contributed by atoms with Crippen molar-refractivity contribution in [3.63, 3.8) is 0 Å². The average Bonchev–Trinajstić information content (AvgIpc) is 2.76. The van der Waals surface area contributed by atoms with Gasteiger partial charge in [0.25, 0.3) is 5.91 Å². The van der Waals surface area contributed by atoms with E-state index in [1.54, 1.807) is 19.5 Å². The van der Waals surface area contributed by atoms with Gasteiger partial charge in [0.2, 0.25) is 0 Å².